The molecule has 1 saturated heterocycles. The lowest BCUT2D eigenvalue weighted by Crippen LogP contribution is -2.31. The number of benzene rings is 3. The van der Waals surface area contributed by atoms with Crippen molar-refractivity contribution in [2.24, 2.45) is 0 Å². The number of likely N-dealkylation sites (tertiary alicyclic amines) is 1. The molecule has 2 heterocycles. The van der Waals surface area contributed by atoms with E-state index < -0.39 is 17.7 Å². The maximum absolute atomic E-state index is 13.3. The van der Waals surface area contributed by atoms with Gasteiger partial charge in [0.15, 0.2) is 0 Å². The minimum atomic E-state index is -0.726. The highest BCUT2D eigenvalue weighted by Gasteiger charge is 2.45. The zero-order valence-corrected chi connectivity index (χ0v) is 20.7. The second-order valence-corrected chi connectivity index (χ2v) is 8.84. The third-order valence-electron chi connectivity index (χ3n) is 6.69. The van der Waals surface area contributed by atoms with Crippen molar-refractivity contribution < 1.29 is 24.2 Å². The Hall–Kier alpha value is -4.52. The Balaban J connectivity index is 1.54. The number of carbonyl (C=O) groups is 2. The fourth-order valence-electron chi connectivity index (χ4n) is 4.85. The Kier molecular flexibility index (Phi) is 6.68. The first-order valence-electron chi connectivity index (χ1n) is 12.2. The number of nitrogens with zero attached hydrogens (tertiary/aromatic N) is 1. The second-order valence-electron chi connectivity index (χ2n) is 8.84. The minimum Gasteiger partial charge on any atom is -0.507 e. The van der Waals surface area contributed by atoms with Gasteiger partial charge in [-0.25, -0.2) is 0 Å². The van der Waals surface area contributed by atoms with Gasteiger partial charge >= 0.3 is 0 Å². The summed E-state index contributed by atoms with van der Waals surface area (Å²) in [5, 5.41) is 12.2. The number of nitrogens with one attached hydrogen (secondary N) is 1. The number of carbonyl (C=O) groups excluding carboxylic acids is 2. The molecule has 1 fully saturated rings. The summed E-state index contributed by atoms with van der Waals surface area (Å²) in [5.74, 6) is -0.0724. The van der Waals surface area contributed by atoms with Gasteiger partial charge in [0, 0.05) is 29.2 Å². The molecule has 1 unspecified atom stereocenters. The Morgan fingerprint density at radius 2 is 1.73 bits per heavy atom. The number of aromatic nitrogens is 1. The van der Waals surface area contributed by atoms with Gasteiger partial charge in [0.25, 0.3) is 11.7 Å². The molecule has 1 aliphatic heterocycles. The van der Waals surface area contributed by atoms with Gasteiger partial charge in [-0.3, -0.25) is 9.59 Å². The molecule has 2 N–H and O–H groups in total. The second kappa shape index (κ2) is 10.2. The molecule has 0 saturated carbocycles. The monoisotopic (exact) mass is 496 g/mol. The van der Waals surface area contributed by atoms with E-state index in [1.54, 1.807) is 36.3 Å². The summed E-state index contributed by atoms with van der Waals surface area (Å²) >= 11 is 0. The Morgan fingerprint density at radius 3 is 2.43 bits per heavy atom. The fraction of sp³-hybridized carbons (Fsp3) is 0.200. The van der Waals surface area contributed by atoms with Crippen LogP contribution < -0.4 is 9.47 Å². The smallest absolute Gasteiger partial charge is 0.295 e. The van der Waals surface area contributed by atoms with Crippen molar-refractivity contribution in [2.75, 3.05) is 20.3 Å². The van der Waals surface area contributed by atoms with E-state index in [0.29, 0.717) is 24.3 Å². The van der Waals surface area contributed by atoms with Gasteiger partial charge in [-0.15, -0.1) is 0 Å². The van der Waals surface area contributed by atoms with Crippen LogP contribution in [0.1, 0.15) is 29.7 Å². The van der Waals surface area contributed by atoms with Crippen LogP contribution in [0.2, 0.25) is 0 Å². The van der Waals surface area contributed by atoms with E-state index in [2.05, 4.69) is 4.98 Å². The number of aliphatic hydroxyl groups excluding tert-OH is 1. The van der Waals surface area contributed by atoms with Gasteiger partial charge in [-0.2, -0.15) is 0 Å². The molecule has 1 atom stereocenters. The van der Waals surface area contributed by atoms with Crippen molar-refractivity contribution in [3.05, 3.63) is 101 Å². The van der Waals surface area contributed by atoms with Crippen LogP contribution in [0.3, 0.4) is 0 Å². The van der Waals surface area contributed by atoms with Crippen molar-refractivity contribution in [2.45, 2.75) is 19.4 Å². The zero-order chi connectivity index (χ0) is 25.9. The first-order valence-corrected chi connectivity index (χ1v) is 12.2. The molecular weight excluding hydrogens is 468 g/mol. The van der Waals surface area contributed by atoms with Crippen LogP contribution >= 0.6 is 0 Å². The molecule has 1 amide bonds. The number of amides is 1. The van der Waals surface area contributed by atoms with Crippen molar-refractivity contribution in [1.82, 2.24) is 9.88 Å². The van der Waals surface area contributed by atoms with E-state index >= 15 is 0 Å². The molecule has 1 aromatic heterocycles. The fourth-order valence-corrected chi connectivity index (χ4v) is 4.85. The number of ketones is 1. The lowest BCUT2D eigenvalue weighted by atomic mass is 9.95. The number of aromatic amines is 1. The number of fused-ring (bicyclic) bond motifs is 1. The van der Waals surface area contributed by atoms with Crippen molar-refractivity contribution in [3.63, 3.8) is 0 Å². The number of H-pyrrole nitrogens is 1. The van der Waals surface area contributed by atoms with E-state index in [-0.39, 0.29) is 17.9 Å². The van der Waals surface area contributed by atoms with Gasteiger partial charge in [0.2, 0.25) is 0 Å². The van der Waals surface area contributed by atoms with Gasteiger partial charge in [-0.05, 0) is 54.8 Å². The molecule has 7 nitrogen and oxygen atoms in total. The molecule has 188 valence electrons. The Bertz CT molecular complexity index is 1470. The molecule has 37 heavy (non-hydrogen) atoms. The first kappa shape index (κ1) is 24.2. The highest BCUT2D eigenvalue weighted by Crippen LogP contribution is 2.40. The van der Waals surface area contributed by atoms with Gasteiger partial charge in [-0.1, -0.05) is 42.5 Å². The minimum absolute atomic E-state index is 0.0842. The number of rotatable bonds is 8. The number of hydrogen-bond donors (Lipinski definition) is 2. The summed E-state index contributed by atoms with van der Waals surface area (Å²) in [5.41, 5.74) is 3.26. The van der Waals surface area contributed by atoms with E-state index in [1.807, 2.05) is 61.7 Å². The maximum atomic E-state index is 13.3. The normalized spacial score (nSPS) is 16.9. The van der Waals surface area contributed by atoms with Crippen LogP contribution in [0.25, 0.3) is 16.7 Å². The zero-order valence-electron chi connectivity index (χ0n) is 20.7. The number of ether oxygens (including phenoxy) is 2. The van der Waals surface area contributed by atoms with Crippen molar-refractivity contribution in [3.8, 4) is 11.5 Å². The van der Waals surface area contributed by atoms with Crippen LogP contribution in [0.15, 0.2) is 84.6 Å². The predicted octanol–water partition coefficient (Wildman–Crippen LogP) is 5.24. The average Bonchev–Trinajstić information content (AvgIpc) is 3.45. The average molecular weight is 497 g/mol. The molecule has 0 radical (unpaired) electrons. The summed E-state index contributed by atoms with van der Waals surface area (Å²) in [6, 6.07) is 21.2. The number of hydrogen-bond acceptors (Lipinski definition) is 5. The van der Waals surface area contributed by atoms with Crippen molar-refractivity contribution >= 4 is 28.4 Å². The lowest BCUT2D eigenvalue weighted by molar-refractivity contribution is -0.139. The van der Waals surface area contributed by atoms with Gasteiger partial charge < -0.3 is 24.5 Å². The topological polar surface area (TPSA) is 91.9 Å². The standard InChI is InChI=1S/C30H28N2O5/c1-3-37-22-11-9-19(10-12-22)27-26(28(33)20-7-5-4-6-8-20)29(34)30(35)32(27)16-15-21-18-31-25-14-13-23(36-2)17-24(21)25/h4-14,17-18,27,31,33H,3,15-16H2,1-2H3/b28-26-. The third kappa shape index (κ3) is 4.56. The highest BCUT2D eigenvalue weighted by molar-refractivity contribution is 6.46. The lowest BCUT2D eigenvalue weighted by Gasteiger charge is -2.25. The first-order chi connectivity index (χ1) is 18.0. The Labute approximate surface area is 214 Å². The predicted molar refractivity (Wildman–Crippen MR) is 142 cm³/mol. The number of methoxy groups -OCH3 is 1. The van der Waals surface area contributed by atoms with Crippen LogP contribution in [0, 0.1) is 0 Å². The molecule has 1 aliphatic rings. The number of aliphatic hydroxyl groups is 1. The largest absolute Gasteiger partial charge is 0.507 e. The molecule has 0 spiro atoms. The summed E-state index contributed by atoms with van der Waals surface area (Å²) in [4.78, 5) is 31.4. The summed E-state index contributed by atoms with van der Waals surface area (Å²) in [6.07, 6.45) is 2.43. The Morgan fingerprint density at radius 1 is 1.00 bits per heavy atom. The van der Waals surface area contributed by atoms with Gasteiger partial charge in [0.1, 0.15) is 17.3 Å². The van der Waals surface area contributed by atoms with Gasteiger partial charge in [0.05, 0.1) is 25.3 Å². The summed E-state index contributed by atoms with van der Waals surface area (Å²) in [7, 11) is 1.62. The molecule has 4 aromatic rings. The molecular formula is C30H28N2O5. The summed E-state index contributed by atoms with van der Waals surface area (Å²) < 4.78 is 10.9. The molecule has 3 aromatic carbocycles. The molecule has 0 aliphatic carbocycles. The molecule has 0 bridgehead atoms. The van der Waals surface area contributed by atoms with Crippen molar-refractivity contribution in [1.29, 1.82) is 0 Å². The van der Waals surface area contributed by atoms with Crippen LogP contribution in [0.4, 0.5) is 0 Å². The van der Waals surface area contributed by atoms with Crippen LogP contribution in [0.5, 0.6) is 11.5 Å². The van der Waals surface area contributed by atoms with Crippen LogP contribution in [-0.4, -0.2) is 46.9 Å². The molecule has 5 rings (SSSR count). The van der Waals surface area contributed by atoms with E-state index in [4.69, 9.17) is 9.47 Å². The van der Waals surface area contributed by atoms with E-state index in [9.17, 15) is 14.7 Å². The third-order valence-corrected chi connectivity index (χ3v) is 6.69. The highest BCUT2D eigenvalue weighted by atomic mass is 16.5. The SMILES string of the molecule is CCOc1ccc(C2/C(=C(/O)c3ccccc3)C(=O)C(=O)N2CCc2c[nH]c3ccc(OC)cc23)cc1. The summed E-state index contributed by atoms with van der Waals surface area (Å²) in [6.45, 7) is 2.72. The van der Waals surface area contributed by atoms with E-state index in [0.717, 1.165) is 27.8 Å². The van der Waals surface area contributed by atoms with E-state index in [1.165, 1.54) is 0 Å². The molecule has 7 heteroatoms. The van der Waals surface area contributed by atoms with Crippen LogP contribution in [-0.2, 0) is 16.0 Å². The number of Topliss-reactive ketones (excluding diaryl/α,β-unsaturated/α-hetero) is 1. The quantitative estimate of drug-likeness (QED) is 0.198. The maximum Gasteiger partial charge on any atom is 0.295 e.